The Morgan fingerprint density at radius 1 is 0.406 bits per heavy atom. The van der Waals surface area contributed by atoms with Crippen LogP contribution in [0.3, 0.4) is 0 Å². The molecular formula is C68H106N22O16. The third kappa shape index (κ3) is 33.9. The molecule has 0 radical (unpaired) electrons. The normalized spacial score (nSPS) is 13.7. The minimum atomic E-state index is -1.73. The van der Waals surface area contributed by atoms with Crippen molar-refractivity contribution in [2.45, 2.75) is 172 Å². The molecule has 106 heavy (non-hydrogen) atoms. The predicted octanol–water partition coefficient (Wildman–Crippen LogP) is -7.34. The molecule has 0 aliphatic heterocycles. The minimum absolute atomic E-state index is 0.0293. The van der Waals surface area contributed by atoms with Crippen molar-refractivity contribution in [2.75, 3.05) is 52.4 Å². The number of rotatable bonds is 48. The molecule has 0 unspecified atom stereocenters. The summed E-state index contributed by atoms with van der Waals surface area (Å²) in [6, 6.07) is 3.38. The number of carbonyl (C=O) groups excluding carboxylic acids is 13. The van der Waals surface area contributed by atoms with Crippen molar-refractivity contribution in [3.63, 3.8) is 0 Å². The third-order valence-corrected chi connectivity index (χ3v) is 16.4. The van der Waals surface area contributed by atoms with E-state index in [0.717, 1.165) is 5.56 Å². The number of hydrogen-bond donors (Lipinski definition) is 23. The van der Waals surface area contributed by atoms with Gasteiger partial charge in [0.25, 0.3) is 0 Å². The number of phenolic OH excluding ortho intramolecular Hbond substituents is 2. The molecule has 0 saturated carbocycles. The number of carbonyl (C=O) groups is 13. The van der Waals surface area contributed by atoms with Crippen LogP contribution < -0.4 is 110 Å². The molecule has 0 saturated heterocycles. The number of hydrogen-bond acceptors (Lipinski definition) is 21. The van der Waals surface area contributed by atoms with Gasteiger partial charge < -0.3 is 125 Å². The molecule has 10 atom stereocenters. The van der Waals surface area contributed by atoms with E-state index in [4.69, 9.17) is 45.9 Å². The number of amides is 13. The summed E-state index contributed by atoms with van der Waals surface area (Å²) < 4.78 is 0. The molecule has 0 aromatic heterocycles. The van der Waals surface area contributed by atoms with Crippen molar-refractivity contribution >= 4 is 88.7 Å². The van der Waals surface area contributed by atoms with E-state index in [1.165, 1.54) is 50.2 Å². The number of nitrogens with two attached hydrogens (primary N) is 8. The van der Waals surface area contributed by atoms with Crippen molar-refractivity contribution in [3.05, 3.63) is 94.5 Å². The molecule has 38 nitrogen and oxygen atoms in total. The lowest BCUT2D eigenvalue weighted by atomic mass is 9.96. The van der Waals surface area contributed by atoms with E-state index in [2.05, 4.69) is 73.8 Å². The molecule has 0 bridgehead atoms. The van der Waals surface area contributed by atoms with Gasteiger partial charge in [0.05, 0.1) is 32.3 Å². The maximum atomic E-state index is 14.3. The van der Waals surface area contributed by atoms with Crippen LogP contribution in [0.5, 0.6) is 11.5 Å². The highest BCUT2D eigenvalue weighted by Crippen LogP contribution is 2.22. The van der Waals surface area contributed by atoms with Crippen LogP contribution >= 0.6 is 0 Å². The Kier molecular flexibility index (Phi) is 39.6. The van der Waals surface area contributed by atoms with Crippen molar-refractivity contribution < 1.29 is 77.6 Å². The van der Waals surface area contributed by atoms with E-state index in [9.17, 15) is 77.6 Å². The number of aliphatic imine (C=N–C) groups is 2. The summed E-state index contributed by atoms with van der Waals surface area (Å²) in [5, 5.41) is 60.1. The highest BCUT2D eigenvalue weighted by atomic mass is 16.3. The molecule has 38 heteroatoms. The van der Waals surface area contributed by atoms with Gasteiger partial charge in [0.1, 0.15) is 65.9 Å². The highest BCUT2D eigenvalue weighted by Gasteiger charge is 2.34. The predicted molar refractivity (Wildman–Crippen MR) is 391 cm³/mol. The van der Waals surface area contributed by atoms with Crippen LogP contribution in [0.4, 0.5) is 0 Å². The molecule has 13 amide bonds. The van der Waals surface area contributed by atoms with Gasteiger partial charge in [-0.25, -0.2) is 0 Å². The van der Waals surface area contributed by atoms with Crippen LogP contribution in [0.25, 0.3) is 0 Å². The van der Waals surface area contributed by atoms with Crippen LogP contribution in [-0.2, 0) is 81.6 Å². The molecule has 31 N–H and O–H groups in total. The Bertz CT molecular complexity index is 3480. The number of phenols is 2. The fourth-order valence-electron chi connectivity index (χ4n) is 10.5. The molecule has 584 valence electrons. The maximum Gasteiger partial charge on any atom is 0.245 e. The zero-order chi connectivity index (χ0) is 79.0. The number of unbranched alkanes of at least 4 members (excludes halogenated alkanes) is 2. The molecule has 3 aromatic carbocycles. The number of aromatic hydroxyl groups is 2. The summed E-state index contributed by atoms with van der Waals surface area (Å²) in [5.41, 5.74) is 48.1. The molecule has 0 heterocycles. The molecule has 3 rings (SSSR count). The second-order valence-corrected chi connectivity index (χ2v) is 25.2. The van der Waals surface area contributed by atoms with Gasteiger partial charge in [-0.15, -0.1) is 0 Å². The van der Waals surface area contributed by atoms with E-state index in [0.29, 0.717) is 48.1 Å². The van der Waals surface area contributed by atoms with Gasteiger partial charge in [0, 0.05) is 25.9 Å². The summed E-state index contributed by atoms with van der Waals surface area (Å²) in [5.74, 6) is -12.0. The molecule has 3 aromatic rings. The van der Waals surface area contributed by atoms with Gasteiger partial charge in [-0.2, -0.15) is 0 Å². The van der Waals surface area contributed by atoms with Crippen LogP contribution in [-0.4, -0.2) is 217 Å². The Hall–Kier alpha value is -11.2. The summed E-state index contributed by atoms with van der Waals surface area (Å²) in [6.45, 7) is 3.55. The molecular weight excluding hydrogens is 1380 g/mol. The third-order valence-electron chi connectivity index (χ3n) is 16.4. The number of aliphatic hydroxyl groups is 1. The Morgan fingerprint density at radius 3 is 1.30 bits per heavy atom. The number of benzene rings is 3. The summed E-state index contributed by atoms with van der Waals surface area (Å²) in [4.78, 5) is 184. The van der Waals surface area contributed by atoms with Crippen LogP contribution in [0.1, 0.15) is 106 Å². The van der Waals surface area contributed by atoms with Gasteiger partial charge in [0.15, 0.2) is 11.9 Å². The second-order valence-electron chi connectivity index (χ2n) is 25.2. The monoisotopic (exact) mass is 1490 g/mol. The minimum Gasteiger partial charge on any atom is -0.508 e. The Balaban J connectivity index is 1.75. The van der Waals surface area contributed by atoms with Gasteiger partial charge in [-0.3, -0.25) is 72.3 Å². The Morgan fingerprint density at radius 2 is 0.802 bits per heavy atom. The lowest BCUT2D eigenvalue weighted by Gasteiger charge is -2.26. The summed E-state index contributed by atoms with van der Waals surface area (Å²) >= 11 is 0. The zero-order valence-corrected chi connectivity index (χ0v) is 60.1. The van der Waals surface area contributed by atoms with Gasteiger partial charge in [0.2, 0.25) is 76.8 Å². The molecule has 0 aliphatic rings. The fourth-order valence-corrected chi connectivity index (χ4v) is 10.5. The van der Waals surface area contributed by atoms with E-state index in [1.807, 2.05) is 0 Å². The van der Waals surface area contributed by atoms with Crippen molar-refractivity contribution in [3.8, 4) is 11.5 Å². The average Bonchev–Trinajstić information content (AvgIpc) is 0.849. The number of primary amides is 1. The standard InChI is InChI=1S/C68H106N22O16/c1-37-28-44(93)29-38(2)45(37)32-46(71)60(100)80-33-54(94)79-34-56(96)84-52(30-41-14-6-5-7-15-41)65(105)89-51(31-42-20-22-43(92)23-21-42)61(101)81-35-55(95)82-39(3)58(98)86-50(19-13-27-78-68(75)76)63(103)88-48(17-9-11-25-70)64(104)90-53(36-91)66(106)83-40(4)59(99)87-49(18-12-26-77-67(73)74)62(102)85-47(57(72)97)16-8-10-24-69/h5-7,14-15,20-23,28-29,39-40,46-53,91-93H,8-13,16-19,24-27,30-36,69-71H2,1-4H3,(H2,72,97)(H,79,94)(H,80,100)(H,81,101)(H,82,95)(H,83,106)(H,84,96)(H,85,102)(H,86,98)(H,87,99)(H,88,103)(H,89,105)(H,90,104)(H4,73,74,77)(H4,75,76,78)/t39-,40-,46-,47-,48-,49-,50-,51-,52-,53-/m0/s1. The van der Waals surface area contributed by atoms with Crippen molar-refractivity contribution in [2.24, 2.45) is 55.9 Å². The number of guanidine groups is 2. The molecule has 0 spiro atoms. The van der Waals surface area contributed by atoms with Gasteiger partial charge >= 0.3 is 0 Å². The molecule has 0 fully saturated rings. The smallest absolute Gasteiger partial charge is 0.245 e. The fraction of sp³-hybridized carbons (Fsp3) is 0.515. The second kappa shape index (κ2) is 47.2. The van der Waals surface area contributed by atoms with E-state index in [1.54, 1.807) is 44.2 Å². The van der Waals surface area contributed by atoms with E-state index >= 15 is 0 Å². The average molecular weight is 1490 g/mol. The lowest BCUT2D eigenvalue weighted by molar-refractivity contribution is -0.136. The van der Waals surface area contributed by atoms with Crippen molar-refractivity contribution in [1.29, 1.82) is 0 Å². The first-order chi connectivity index (χ1) is 50.2. The first-order valence-electron chi connectivity index (χ1n) is 34.6. The van der Waals surface area contributed by atoms with Crippen molar-refractivity contribution in [1.82, 2.24) is 63.8 Å². The number of aryl methyl sites for hydroxylation is 2. The number of nitrogens with zero attached hydrogens (tertiary/aromatic N) is 2. The number of aliphatic hydroxyl groups excluding tert-OH is 1. The lowest BCUT2D eigenvalue weighted by Crippen LogP contribution is -2.60. The Labute approximate surface area is 613 Å². The largest absolute Gasteiger partial charge is 0.508 e. The van der Waals surface area contributed by atoms with Crippen LogP contribution in [0.15, 0.2) is 76.7 Å². The quantitative estimate of drug-likeness (QED) is 0.0142. The van der Waals surface area contributed by atoms with Crippen LogP contribution in [0, 0.1) is 13.8 Å². The molecule has 0 aliphatic carbocycles. The van der Waals surface area contributed by atoms with Crippen LogP contribution in [0.2, 0.25) is 0 Å². The first kappa shape index (κ1) is 89.0. The number of nitrogens with one attached hydrogen (secondary N) is 12. The van der Waals surface area contributed by atoms with E-state index < -0.39 is 163 Å². The summed E-state index contributed by atoms with van der Waals surface area (Å²) in [7, 11) is 0. The van der Waals surface area contributed by atoms with Gasteiger partial charge in [-0.05, 0) is 163 Å². The first-order valence-corrected chi connectivity index (χ1v) is 34.6. The SMILES string of the molecule is Cc1cc(O)cc(C)c1C[C@H](N)C(=O)NCC(=O)NCC(=O)N[C@@H](Cc1ccccc1)C(=O)N[C@@H](Cc1ccc(O)cc1)C(=O)NCC(=O)N[C@@H](C)C(=O)N[C@@H](CCCN=C(N)N)C(=O)N[C@@H](CCCCN)C(=O)N[C@@H](CO)C(=O)N[C@@H](C)C(=O)N[C@@H](CCCN=C(N)N)C(=O)N[C@@H](CCCCN)C(N)=O. The topological polar surface area (TPSA) is 660 Å². The summed E-state index contributed by atoms with van der Waals surface area (Å²) in [6.07, 6.45) is 1.48. The van der Waals surface area contributed by atoms with E-state index in [-0.39, 0.29) is 107 Å². The maximum absolute atomic E-state index is 14.3. The van der Waals surface area contributed by atoms with Gasteiger partial charge in [-0.1, -0.05) is 42.5 Å². The highest BCUT2D eigenvalue weighted by molar-refractivity contribution is 5.99. The zero-order valence-electron chi connectivity index (χ0n) is 60.1.